The summed E-state index contributed by atoms with van der Waals surface area (Å²) in [5.74, 6) is 2.20. The van der Waals surface area contributed by atoms with Gasteiger partial charge in [0.25, 0.3) is 0 Å². The van der Waals surface area contributed by atoms with Gasteiger partial charge in [-0.2, -0.15) is 0 Å². The van der Waals surface area contributed by atoms with Gasteiger partial charge in [-0.1, -0.05) is 36.4 Å². The highest BCUT2D eigenvalue weighted by atomic mass is 35.5. The van der Waals surface area contributed by atoms with E-state index in [1.165, 1.54) is 10.8 Å². The molecule has 0 aliphatic rings. The quantitative estimate of drug-likeness (QED) is 0.645. The summed E-state index contributed by atoms with van der Waals surface area (Å²) in [6.45, 7) is 0. The molecule has 0 aliphatic carbocycles. The molecule has 0 saturated heterocycles. The molecule has 0 atom stereocenters. The second-order valence-corrected chi connectivity index (χ2v) is 4.85. The zero-order valence-electron chi connectivity index (χ0n) is 10.5. The monoisotopic (exact) mass is 271 g/mol. The van der Waals surface area contributed by atoms with Crippen LogP contribution in [0.5, 0.6) is 0 Å². The Bertz CT molecular complexity index is 690. The molecule has 1 heterocycles. The van der Waals surface area contributed by atoms with Gasteiger partial charge in [-0.15, -0.1) is 11.6 Å². The van der Waals surface area contributed by atoms with E-state index in [2.05, 4.69) is 35.3 Å². The number of fused-ring (bicyclic) bond motifs is 1. The Kier molecular flexibility index (Phi) is 3.51. The summed E-state index contributed by atoms with van der Waals surface area (Å²) in [4.78, 5) is 4.28. The van der Waals surface area contributed by atoms with Gasteiger partial charge in [-0.05, 0) is 23.3 Å². The third-order valence-corrected chi connectivity index (χ3v) is 3.38. The summed E-state index contributed by atoms with van der Waals surface area (Å²) in [6.07, 6.45) is 3.46. The lowest BCUT2D eigenvalue weighted by Gasteiger charge is -2.00. The van der Waals surface area contributed by atoms with E-state index in [9.17, 15) is 0 Å². The molecule has 1 aromatic heterocycles. The fraction of sp³-hybridized carbons (Fsp3) is 0.188. The average molecular weight is 272 g/mol. The maximum Gasteiger partial charge on any atom is 0.194 e. The Balaban J connectivity index is 1.92. The van der Waals surface area contributed by atoms with Crippen molar-refractivity contribution in [1.29, 1.82) is 0 Å². The molecule has 96 valence electrons. The molecule has 2 nitrogen and oxygen atoms in total. The van der Waals surface area contributed by atoms with Gasteiger partial charge < -0.3 is 4.42 Å². The minimum absolute atomic E-state index is 0.633. The molecule has 0 saturated carbocycles. The minimum Gasteiger partial charge on any atom is -0.441 e. The number of hydrogen-bond acceptors (Lipinski definition) is 2. The van der Waals surface area contributed by atoms with Gasteiger partial charge in [0.2, 0.25) is 0 Å². The molecule has 3 rings (SSSR count). The van der Waals surface area contributed by atoms with Crippen LogP contribution in [0.4, 0.5) is 0 Å². The van der Waals surface area contributed by atoms with Crippen LogP contribution in [-0.4, -0.2) is 10.9 Å². The topological polar surface area (TPSA) is 26.0 Å². The molecule has 0 aliphatic heterocycles. The summed E-state index contributed by atoms with van der Waals surface area (Å²) in [5.41, 5.74) is 1.06. The molecule has 0 N–H and O–H groups in total. The molecule has 0 spiro atoms. The van der Waals surface area contributed by atoms with E-state index in [0.29, 0.717) is 5.88 Å². The fourth-order valence-electron chi connectivity index (χ4n) is 2.12. The molecule has 0 amide bonds. The number of halogens is 1. The maximum absolute atomic E-state index is 5.75. The zero-order chi connectivity index (χ0) is 13.1. The van der Waals surface area contributed by atoms with Crippen molar-refractivity contribution in [2.24, 2.45) is 0 Å². The summed E-state index contributed by atoms with van der Waals surface area (Å²) < 4.78 is 5.75. The second kappa shape index (κ2) is 5.45. The molecule has 0 bridgehead atoms. The molecular formula is C16H14ClNO. The van der Waals surface area contributed by atoms with Gasteiger partial charge in [0.15, 0.2) is 11.7 Å². The van der Waals surface area contributed by atoms with E-state index < -0.39 is 0 Å². The third kappa shape index (κ3) is 2.64. The first-order chi connectivity index (χ1) is 9.36. The van der Waals surface area contributed by atoms with Crippen molar-refractivity contribution in [3.63, 3.8) is 0 Å². The lowest BCUT2D eigenvalue weighted by molar-refractivity contribution is 0.503. The van der Waals surface area contributed by atoms with Gasteiger partial charge >= 0.3 is 0 Å². The number of nitrogens with zero attached hydrogens (tertiary/aromatic N) is 1. The molecule has 19 heavy (non-hydrogen) atoms. The first kappa shape index (κ1) is 12.2. The zero-order valence-corrected chi connectivity index (χ0v) is 11.2. The van der Waals surface area contributed by atoms with Crippen LogP contribution >= 0.6 is 11.6 Å². The van der Waals surface area contributed by atoms with E-state index in [4.69, 9.17) is 16.0 Å². The van der Waals surface area contributed by atoms with Crippen LogP contribution in [0.15, 0.2) is 53.1 Å². The number of aryl methyl sites for hydroxylation is 1. The summed E-state index contributed by atoms with van der Waals surface area (Å²) in [5, 5.41) is 2.44. The van der Waals surface area contributed by atoms with Crippen molar-refractivity contribution in [2.45, 2.75) is 12.8 Å². The Morgan fingerprint density at radius 3 is 2.74 bits per heavy atom. The Labute approximate surface area is 117 Å². The van der Waals surface area contributed by atoms with Crippen LogP contribution in [0.25, 0.3) is 22.1 Å². The number of benzene rings is 2. The first-order valence-electron chi connectivity index (χ1n) is 6.36. The van der Waals surface area contributed by atoms with E-state index in [1.54, 1.807) is 6.20 Å². The van der Waals surface area contributed by atoms with Crippen LogP contribution in [0, 0.1) is 0 Å². The third-order valence-electron chi connectivity index (χ3n) is 3.11. The number of alkyl halides is 1. The van der Waals surface area contributed by atoms with E-state index in [-0.39, 0.29) is 0 Å². The molecule has 3 aromatic rings. The van der Waals surface area contributed by atoms with Gasteiger partial charge in [0.05, 0.1) is 6.20 Å². The number of aromatic nitrogens is 1. The smallest absolute Gasteiger partial charge is 0.194 e. The van der Waals surface area contributed by atoms with Crippen LogP contribution in [-0.2, 0) is 6.42 Å². The predicted molar refractivity (Wildman–Crippen MR) is 78.5 cm³/mol. The van der Waals surface area contributed by atoms with Crippen LogP contribution < -0.4 is 0 Å². The largest absolute Gasteiger partial charge is 0.441 e. The highest BCUT2D eigenvalue weighted by molar-refractivity contribution is 6.17. The lowest BCUT2D eigenvalue weighted by Crippen LogP contribution is -1.84. The lowest BCUT2D eigenvalue weighted by atomic mass is 10.1. The SMILES string of the molecule is ClCCCc1ncc(-c2ccc3ccccc3c2)o1. The standard InChI is InChI=1S/C16H14ClNO/c17-9-3-6-16-18-11-15(19-16)14-8-7-12-4-1-2-5-13(12)10-14/h1-2,4-5,7-8,10-11H,3,6,9H2. The molecule has 3 heteroatoms. The Morgan fingerprint density at radius 1 is 1.05 bits per heavy atom. The highest BCUT2D eigenvalue weighted by Crippen LogP contribution is 2.25. The van der Waals surface area contributed by atoms with Crippen molar-refractivity contribution in [3.8, 4) is 11.3 Å². The number of hydrogen-bond donors (Lipinski definition) is 0. The minimum atomic E-state index is 0.633. The van der Waals surface area contributed by atoms with Crippen molar-refractivity contribution in [1.82, 2.24) is 4.98 Å². The van der Waals surface area contributed by atoms with E-state index >= 15 is 0 Å². The van der Waals surface area contributed by atoms with Crippen molar-refractivity contribution in [3.05, 3.63) is 54.6 Å². The highest BCUT2D eigenvalue weighted by Gasteiger charge is 2.06. The normalized spacial score (nSPS) is 11.0. The summed E-state index contributed by atoms with van der Waals surface area (Å²) >= 11 is 5.67. The van der Waals surface area contributed by atoms with Crippen LogP contribution in [0.1, 0.15) is 12.3 Å². The molecule has 0 radical (unpaired) electrons. The van der Waals surface area contributed by atoms with E-state index in [0.717, 1.165) is 30.1 Å². The average Bonchev–Trinajstić information content (AvgIpc) is 2.93. The van der Waals surface area contributed by atoms with Crippen molar-refractivity contribution in [2.75, 3.05) is 5.88 Å². The fourth-order valence-corrected chi connectivity index (χ4v) is 2.25. The molecule has 2 aromatic carbocycles. The van der Waals surface area contributed by atoms with Gasteiger partial charge in [-0.3, -0.25) is 0 Å². The van der Waals surface area contributed by atoms with Crippen molar-refractivity contribution < 1.29 is 4.42 Å². The Morgan fingerprint density at radius 2 is 1.89 bits per heavy atom. The van der Waals surface area contributed by atoms with Gasteiger partial charge in [0, 0.05) is 17.9 Å². The molecule has 0 fully saturated rings. The van der Waals surface area contributed by atoms with Crippen LogP contribution in [0.2, 0.25) is 0 Å². The van der Waals surface area contributed by atoms with E-state index in [1.807, 2.05) is 12.1 Å². The second-order valence-electron chi connectivity index (χ2n) is 4.47. The van der Waals surface area contributed by atoms with Gasteiger partial charge in [0.1, 0.15) is 0 Å². The number of oxazole rings is 1. The number of rotatable bonds is 4. The molecular weight excluding hydrogens is 258 g/mol. The predicted octanol–water partition coefficient (Wildman–Crippen LogP) is 4.67. The molecule has 0 unspecified atom stereocenters. The maximum atomic E-state index is 5.75. The first-order valence-corrected chi connectivity index (χ1v) is 6.90. The van der Waals surface area contributed by atoms with Crippen LogP contribution in [0.3, 0.4) is 0 Å². The summed E-state index contributed by atoms with van der Waals surface area (Å²) in [6, 6.07) is 14.6. The van der Waals surface area contributed by atoms with Crippen molar-refractivity contribution >= 4 is 22.4 Å². The Hall–Kier alpha value is -1.80. The summed E-state index contributed by atoms with van der Waals surface area (Å²) in [7, 11) is 0. The van der Waals surface area contributed by atoms with Gasteiger partial charge in [-0.25, -0.2) is 4.98 Å².